The van der Waals surface area contributed by atoms with Crippen molar-refractivity contribution in [3.63, 3.8) is 0 Å². The van der Waals surface area contributed by atoms with Crippen molar-refractivity contribution in [3.8, 4) is 22.3 Å². The predicted molar refractivity (Wildman–Crippen MR) is 286 cm³/mol. The summed E-state index contributed by atoms with van der Waals surface area (Å²) in [6, 6.07) is 54.5. The van der Waals surface area contributed by atoms with E-state index in [0.717, 1.165) is 12.8 Å². The van der Waals surface area contributed by atoms with Gasteiger partial charge in [0.05, 0.1) is 0 Å². The molecule has 0 aromatic heterocycles. The Morgan fingerprint density at radius 2 is 1.05 bits per heavy atom. The minimum absolute atomic E-state index is 0.0805. The molecule has 1 heteroatoms. The van der Waals surface area contributed by atoms with Gasteiger partial charge in [0, 0.05) is 11.8 Å². The second-order valence-corrected chi connectivity index (χ2v) is 23.6. The van der Waals surface area contributed by atoms with Crippen LogP contribution >= 0.6 is 0 Å². The summed E-state index contributed by atoms with van der Waals surface area (Å²) in [7, 11) is 0. The van der Waals surface area contributed by atoms with Crippen molar-refractivity contribution in [3.05, 3.63) is 206 Å². The van der Waals surface area contributed by atoms with E-state index in [1.165, 1.54) is 102 Å². The fraction of sp³-hybridized carbons (Fsp3) is 0.354. The van der Waals surface area contributed by atoms with E-state index < -0.39 is 0 Å². The zero-order chi connectivity index (χ0) is 46.5. The van der Waals surface area contributed by atoms with E-state index in [1.807, 2.05) is 0 Å². The normalized spacial score (nSPS) is 18.8. The molecule has 2 aliphatic carbocycles. The first-order valence-electron chi connectivity index (χ1n) is 25.1. The third kappa shape index (κ3) is 7.63. The minimum atomic E-state index is 0.0805. The number of rotatable bonds is 8. The van der Waals surface area contributed by atoms with E-state index >= 15 is 0 Å². The molecule has 0 N–H and O–H groups in total. The van der Waals surface area contributed by atoms with Crippen LogP contribution in [0.15, 0.2) is 140 Å². The average Bonchev–Trinajstić information content (AvgIpc) is 3.47. The summed E-state index contributed by atoms with van der Waals surface area (Å²) in [6.45, 7) is 29.6. The molecule has 0 saturated carbocycles. The zero-order valence-corrected chi connectivity index (χ0v) is 42.0. The number of hydrogen-bond donors (Lipinski definition) is 0. The monoisotopic (exact) mass is 863 g/mol. The highest BCUT2D eigenvalue weighted by Crippen LogP contribution is 2.52. The summed E-state index contributed by atoms with van der Waals surface area (Å²) >= 11 is 0. The number of aryl methyl sites for hydroxylation is 4. The highest BCUT2D eigenvalue weighted by molar-refractivity contribution is 6.97. The lowest BCUT2D eigenvalue weighted by Crippen LogP contribution is -2.60. The van der Waals surface area contributed by atoms with Crippen LogP contribution in [0.5, 0.6) is 0 Å². The molecule has 10 rings (SSSR count). The predicted octanol–water partition coefficient (Wildman–Crippen LogP) is 15.0. The summed E-state index contributed by atoms with van der Waals surface area (Å²) in [5.41, 5.74) is 27.9. The zero-order valence-electron chi connectivity index (χ0n) is 42.0. The molecule has 0 amide bonds. The van der Waals surface area contributed by atoms with Crippen LogP contribution in [0.2, 0.25) is 0 Å². The first kappa shape index (κ1) is 44.4. The van der Waals surface area contributed by atoms with Gasteiger partial charge in [-0.25, -0.2) is 0 Å². The second kappa shape index (κ2) is 16.1. The molecule has 1 heterocycles. The van der Waals surface area contributed by atoms with Gasteiger partial charge in [-0.15, -0.1) is 0 Å². The molecule has 0 radical (unpaired) electrons. The lowest BCUT2D eigenvalue weighted by molar-refractivity contribution is 0.332. The van der Waals surface area contributed by atoms with Gasteiger partial charge in [-0.2, -0.15) is 0 Å². The van der Waals surface area contributed by atoms with Gasteiger partial charge in [-0.05, 0) is 152 Å². The Hall–Kier alpha value is -5.40. The summed E-state index contributed by atoms with van der Waals surface area (Å²) < 4.78 is 0. The molecular weight excluding hydrogens is 792 g/mol. The van der Waals surface area contributed by atoms with Crippen LogP contribution < -0.4 is 16.4 Å². The van der Waals surface area contributed by atoms with Crippen molar-refractivity contribution in [2.45, 2.75) is 149 Å². The van der Waals surface area contributed by atoms with Crippen molar-refractivity contribution in [1.29, 1.82) is 0 Å². The van der Waals surface area contributed by atoms with E-state index in [0.29, 0.717) is 0 Å². The smallest absolute Gasteiger partial charge is 0.0661 e. The molecule has 3 aliphatic rings. The van der Waals surface area contributed by atoms with E-state index in [9.17, 15) is 0 Å². The minimum Gasteiger partial charge on any atom is -0.0661 e. The standard InChI is InChI=1S/C65H71B/c1-41-32-43(3)61-54(33-41)50(28-26-45-20-19-25-48(35-45)46-21-15-13-16-22-46)53-36-49(47-23-17-14-18-24-47)27-29-59(53)66(61)60-39-58-56(62(5,6)30-31-63(58,7)8)38-52(60)44(4)51-37-57-55(34-42(51)2)64(9,10)40-65(57,11)12/h13-25,27,29,32-39,44,50H,26,28,30-31,40H2,1-12H3. The first-order valence-corrected chi connectivity index (χ1v) is 25.1. The largest absolute Gasteiger partial charge is 0.242 e. The topological polar surface area (TPSA) is 0 Å². The van der Waals surface area contributed by atoms with Crippen molar-refractivity contribution in [2.24, 2.45) is 0 Å². The summed E-state index contributed by atoms with van der Waals surface area (Å²) in [5, 5.41) is 0. The molecule has 2 unspecified atom stereocenters. The molecule has 2 atom stereocenters. The molecule has 0 bridgehead atoms. The Labute approximate surface area is 398 Å². The molecule has 0 fully saturated rings. The van der Waals surface area contributed by atoms with Crippen LogP contribution in [0.3, 0.4) is 0 Å². The van der Waals surface area contributed by atoms with Crippen LogP contribution in [0.1, 0.15) is 167 Å². The van der Waals surface area contributed by atoms with Gasteiger partial charge in [0.2, 0.25) is 6.71 Å². The van der Waals surface area contributed by atoms with E-state index in [4.69, 9.17) is 0 Å². The summed E-state index contributed by atoms with van der Waals surface area (Å²) in [5.74, 6) is 0.471. The third-order valence-electron chi connectivity index (χ3n) is 16.9. The highest BCUT2D eigenvalue weighted by Gasteiger charge is 2.45. The molecule has 1 aliphatic heterocycles. The highest BCUT2D eigenvalue weighted by atomic mass is 14.5. The van der Waals surface area contributed by atoms with Crippen LogP contribution in [0.4, 0.5) is 0 Å². The Bertz CT molecular complexity index is 2990. The number of hydrogen-bond acceptors (Lipinski definition) is 0. The molecule has 0 saturated heterocycles. The third-order valence-corrected chi connectivity index (χ3v) is 16.9. The molecule has 66 heavy (non-hydrogen) atoms. The van der Waals surface area contributed by atoms with Gasteiger partial charge in [-0.1, -0.05) is 229 Å². The Morgan fingerprint density at radius 3 is 1.70 bits per heavy atom. The van der Waals surface area contributed by atoms with Gasteiger partial charge in [-0.3, -0.25) is 0 Å². The van der Waals surface area contributed by atoms with E-state index in [2.05, 4.69) is 223 Å². The first-order chi connectivity index (χ1) is 31.3. The van der Waals surface area contributed by atoms with Crippen LogP contribution in [0.25, 0.3) is 22.3 Å². The van der Waals surface area contributed by atoms with Crippen molar-refractivity contribution in [1.82, 2.24) is 0 Å². The fourth-order valence-corrected chi connectivity index (χ4v) is 13.5. The molecule has 7 aromatic carbocycles. The summed E-state index contributed by atoms with van der Waals surface area (Å²) in [4.78, 5) is 0. The SMILES string of the molecule is Cc1cc(C)c2c(c1)C(CCc1cccc(-c3ccccc3)c1)c1cc(-c3ccccc3)ccc1B2c1cc2c(cc1C(C)c1cc3c(cc1C)C(C)(C)CC3(C)C)C(C)(C)CCC2(C)C. The number of benzene rings is 7. The van der Waals surface area contributed by atoms with Gasteiger partial charge in [0.25, 0.3) is 0 Å². The van der Waals surface area contributed by atoms with Gasteiger partial charge >= 0.3 is 0 Å². The molecule has 334 valence electrons. The maximum atomic E-state index is 2.75. The molecule has 7 aromatic rings. The lowest BCUT2D eigenvalue weighted by atomic mass is 9.30. The molecule has 0 nitrogen and oxygen atoms in total. The Morgan fingerprint density at radius 1 is 0.485 bits per heavy atom. The van der Waals surface area contributed by atoms with Crippen molar-refractivity contribution >= 4 is 23.1 Å². The average molecular weight is 863 g/mol. The Kier molecular flexibility index (Phi) is 10.9. The maximum absolute atomic E-state index is 2.75. The lowest BCUT2D eigenvalue weighted by Gasteiger charge is -2.44. The van der Waals surface area contributed by atoms with E-state index in [-0.39, 0.29) is 40.2 Å². The second-order valence-electron chi connectivity index (χ2n) is 23.6. The number of fused-ring (bicyclic) bond motifs is 4. The molecular formula is C65H71B. The van der Waals surface area contributed by atoms with Gasteiger partial charge < -0.3 is 0 Å². The van der Waals surface area contributed by atoms with Crippen molar-refractivity contribution < 1.29 is 0 Å². The fourth-order valence-electron chi connectivity index (χ4n) is 13.5. The Balaban J connectivity index is 1.20. The van der Waals surface area contributed by atoms with Crippen LogP contribution in [-0.2, 0) is 28.1 Å². The molecule has 0 spiro atoms. The summed E-state index contributed by atoms with van der Waals surface area (Å²) in [6.07, 6.45) is 5.62. The quantitative estimate of drug-likeness (QED) is 0.134. The van der Waals surface area contributed by atoms with Crippen LogP contribution in [-0.4, -0.2) is 6.71 Å². The van der Waals surface area contributed by atoms with Crippen LogP contribution in [0, 0.1) is 20.8 Å². The van der Waals surface area contributed by atoms with Gasteiger partial charge in [0.15, 0.2) is 0 Å². The van der Waals surface area contributed by atoms with E-state index in [1.54, 1.807) is 22.3 Å². The maximum Gasteiger partial charge on any atom is 0.242 e. The van der Waals surface area contributed by atoms with Crippen molar-refractivity contribution in [2.75, 3.05) is 0 Å². The van der Waals surface area contributed by atoms with Gasteiger partial charge in [0.1, 0.15) is 0 Å².